The molecule has 0 saturated heterocycles. The largest absolute Gasteiger partial charge is 0.344 e. The summed E-state index contributed by atoms with van der Waals surface area (Å²) in [4.78, 5) is 12.7. The number of hydrogen-bond donors (Lipinski definition) is 2. The summed E-state index contributed by atoms with van der Waals surface area (Å²) in [5.74, 6) is 2.25. The van der Waals surface area contributed by atoms with Crippen molar-refractivity contribution < 1.29 is 0 Å². The van der Waals surface area contributed by atoms with Crippen LogP contribution < -0.4 is 11.7 Å². The lowest BCUT2D eigenvalue weighted by Crippen LogP contribution is -1.98. The van der Waals surface area contributed by atoms with Crippen molar-refractivity contribution in [3.8, 4) is 12.3 Å². The Hall–Kier alpha value is -1.53. The summed E-state index contributed by atoms with van der Waals surface area (Å²) in [6.07, 6.45) is 6.20. The van der Waals surface area contributed by atoms with Crippen molar-refractivity contribution in [3.63, 3.8) is 0 Å². The van der Waals surface area contributed by atoms with E-state index in [4.69, 9.17) is 0 Å². The molecule has 0 atom stereocenters. The van der Waals surface area contributed by atoms with Crippen LogP contribution >= 0.6 is 0 Å². The topological polar surface area (TPSA) is 67.9 Å². The van der Waals surface area contributed by atoms with E-state index in [1.165, 1.54) is 6.07 Å². The Morgan fingerprint density at radius 2 is 2.09 bits per heavy atom. The number of H-pyrrole nitrogens is 1. The van der Waals surface area contributed by atoms with Gasteiger partial charge in [0.05, 0.1) is 0 Å². The van der Waals surface area contributed by atoms with Gasteiger partial charge >= 0.3 is 0 Å². The van der Waals surface area contributed by atoms with Crippen molar-refractivity contribution in [1.29, 1.82) is 0 Å². The Morgan fingerprint density at radius 1 is 1.55 bits per heavy atom. The van der Waals surface area contributed by atoms with E-state index < -0.39 is 0 Å². The average Bonchev–Trinajstić information content (AvgIpc) is 1.91. The van der Waals surface area contributed by atoms with Crippen molar-refractivity contribution >= 4 is 0 Å². The fourth-order valence-corrected chi connectivity index (χ4v) is 0.377. The molecule has 1 aromatic heterocycles. The molecule has 0 spiro atoms. The normalized spacial score (nSPS) is 6.18. The Bertz CT molecular complexity index is 242. The standard InChI is InChI=1S/C5H5NO.C3H4.H3N/c7-5-3-1-2-4-6-5;1-3-2;/h1-4H,(H,6,7);1H,2H3;1H3. The van der Waals surface area contributed by atoms with E-state index in [-0.39, 0.29) is 11.7 Å². The zero-order valence-electron chi connectivity index (χ0n) is 6.50. The van der Waals surface area contributed by atoms with Crippen LogP contribution in [0.15, 0.2) is 29.2 Å². The number of aromatic nitrogens is 1. The maximum Gasteiger partial charge on any atom is 0.247 e. The van der Waals surface area contributed by atoms with Crippen molar-refractivity contribution in [3.05, 3.63) is 34.7 Å². The molecule has 0 saturated carbocycles. The van der Waals surface area contributed by atoms with Gasteiger partial charge in [-0.3, -0.25) is 4.79 Å². The average molecular weight is 152 g/mol. The van der Waals surface area contributed by atoms with Gasteiger partial charge in [-0.05, 0) is 13.0 Å². The van der Waals surface area contributed by atoms with Gasteiger partial charge in [0.25, 0.3) is 0 Å². The van der Waals surface area contributed by atoms with Crippen LogP contribution in [0.1, 0.15) is 6.92 Å². The second kappa shape index (κ2) is 8.47. The number of aromatic amines is 1. The van der Waals surface area contributed by atoms with Crippen LogP contribution in [0, 0.1) is 12.3 Å². The predicted octanol–water partition coefficient (Wildman–Crippen LogP) is 1.18. The Balaban J connectivity index is 0. The molecule has 1 heterocycles. The van der Waals surface area contributed by atoms with Gasteiger partial charge < -0.3 is 11.1 Å². The van der Waals surface area contributed by atoms with E-state index in [0.29, 0.717) is 0 Å². The summed E-state index contributed by atoms with van der Waals surface area (Å²) < 4.78 is 0. The highest BCUT2D eigenvalue weighted by atomic mass is 16.1. The first-order chi connectivity index (χ1) is 4.81. The number of pyridine rings is 1. The van der Waals surface area contributed by atoms with E-state index in [0.717, 1.165) is 0 Å². The van der Waals surface area contributed by atoms with Crippen molar-refractivity contribution in [2.24, 2.45) is 0 Å². The van der Waals surface area contributed by atoms with Crippen LogP contribution in [-0.4, -0.2) is 4.98 Å². The highest BCUT2D eigenvalue weighted by molar-refractivity contribution is 4.89. The van der Waals surface area contributed by atoms with Gasteiger partial charge in [0.15, 0.2) is 0 Å². The van der Waals surface area contributed by atoms with Crippen LogP contribution in [0.3, 0.4) is 0 Å². The van der Waals surface area contributed by atoms with Crippen LogP contribution in [0.4, 0.5) is 0 Å². The van der Waals surface area contributed by atoms with E-state index >= 15 is 0 Å². The molecule has 60 valence electrons. The van der Waals surface area contributed by atoms with E-state index in [2.05, 4.69) is 17.3 Å². The third-order valence-electron chi connectivity index (χ3n) is 0.681. The number of nitrogens with one attached hydrogen (secondary N) is 1. The Labute approximate surface area is 66.0 Å². The molecule has 0 aliphatic rings. The molecule has 3 nitrogen and oxygen atoms in total. The van der Waals surface area contributed by atoms with Gasteiger partial charge in [-0.15, -0.1) is 12.3 Å². The van der Waals surface area contributed by atoms with Gasteiger partial charge in [0.1, 0.15) is 0 Å². The van der Waals surface area contributed by atoms with Gasteiger partial charge in [0.2, 0.25) is 5.56 Å². The van der Waals surface area contributed by atoms with Crippen LogP contribution in [0.2, 0.25) is 0 Å². The smallest absolute Gasteiger partial charge is 0.247 e. The second-order valence-electron chi connectivity index (χ2n) is 1.52. The molecule has 0 bridgehead atoms. The summed E-state index contributed by atoms with van der Waals surface area (Å²) in [5, 5.41) is 0. The maximum atomic E-state index is 10.2. The van der Waals surface area contributed by atoms with Crippen LogP contribution in [0.5, 0.6) is 0 Å². The quantitative estimate of drug-likeness (QED) is 0.548. The first-order valence-corrected chi connectivity index (χ1v) is 2.82. The molecule has 0 unspecified atom stereocenters. The SMILES string of the molecule is C#CC.N.O=c1cccc[nH]1. The molecule has 11 heavy (non-hydrogen) atoms. The third kappa shape index (κ3) is 8.47. The predicted molar refractivity (Wildman–Crippen MR) is 46.6 cm³/mol. The first-order valence-electron chi connectivity index (χ1n) is 2.82. The number of hydrogen-bond acceptors (Lipinski definition) is 2. The molecule has 4 N–H and O–H groups in total. The molecule has 0 amide bonds. The Morgan fingerprint density at radius 3 is 2.27 bits per heavy atom. The number of terminal acetylenes is 1. The van der Waals surface area contributed by atoms with Crippen LogP contribution in [0.25, 0.3) is 0 Å². The van der Waals surface area contributed by atoms with E-state index in [1.807, 2.05) is 0 Å². The highest BCUT2D eigenvalue weighted by Gasteiger charge is 1.69. The fourth-order valence-electron chi connectivity index (χ4n) is 0.377. The maximum absolute atomic E-state index is 10.2. The molecule has 3 heteroatoms. The summed E-state index contributed by atoms with van der Waals surface area (Å²) in [6.45, 7) is 1.65. The summed E-state index contributed by atoms with van der Waals surface area (Å²) in [6, 6.07) is 4.93. The molecule has 0 radical (unpaired) electrons. The zero-order chi connectivity index (χ0) is 7.82. The van der Waals surface area contributed by atoms with Gasteiger partial charge in [-0.1, -0.05) is 6.07 Å². The molecular weight excluding hydrogens is 140 g/mol. The zero-order valence-corrected chi connectivity index (χ0v) is 6.50. The third-order valence-corrected chi connectivity index (χ3v) is 0.681. The van der Waals surface area contributed by atoms with E-state index in [1.54, 1.807) is 25.3 Å². The molecule has 0 fully saturated rings. The minimum atomic E-state index is -0.0532. The van der Waals surface area contributed by atoms with Crippen LogP contribution in [-0.2, 0) is 0 Å². The lowest BCUT2D eigenvalue weighted by atomic mass is 10.5. The van der Waals surface area contributed by atoms with Gasteiger partial charge in [-0.2, -0.15) is 0 Å². The fraction of sp³-hybridized carbons (Fsp3) is 0.125. The minimum Gasteiger partial charge on any atom is -0.344 e. The van der Waals surface area contributed by atoms with Crippen molar-refractivity contribution in [2.75, 3.05) is 0 Å². The van der Waals surface area contributed by atoms with Gasteiger partial charge in [-0.25, -0.2) is 0 Å². The highest BCUT2D eigenvalue weighted by Crippen LogP contribution is 1.67. The first kappa shape index (κ1) is 12.2. The Kier molecular flexibility index (Phi) is 9.37. The van der Waals surface area contributed by atoms with Crippen molar-refractivity contribution in [2.45, 2.75) is 6.92 Å². The lowest BCUT2D eigenvalue weighted by molar-refractivity contribution is 1.24. The molecule has 0 aliphatic heterocycles. The summed E-state index contributed by atoms with van der Waals surface area (Å²) in [5.41, 5.74) is -0.0532. The van der Waals surface area contributed by atoms with Gasteiger partial charge in [0, 0.05) is 12.3 Å². The molecule has 1 aromatic rings. The molecule has 1 rings (SSSR count). The number of rotatable bonds is 0. The second-order valence-corrected chi connectivity index (χ2v) is 1.52. The summed E-state index contributed by atoms with van der Waals surface area (Å²) in [7, 11) is 0. The monoisotopic (exact) mass is 152 g/mol. The minimum absolute atomic E-state index is 0. The molecule has 0 aliphatic carbocycles. The van der Waals surface area contributed by atoms with E-state index in [9.17, 15) is 4.79 Å². The summed E-state index contributed by atoms with van der Waals surface area (Å²) >= 11 is 0. The lowest BCUT2D eigenvalue weighted by Gasteiger charge is -1.73. The molecular formula is C8H12N2O. The van der Waals surface area contributed by atoms with Crippen molar-refractivity contribution in [1.82, 2.24) is 11.1 Å². The molecule has 0 aromatic carbocycles.